The zero-order valence-corrected chi connectivity index (χ0v) is 25.1. The molecule has 14 nitrogen and oxygen atoms in total. The fourth-order valence-electron chi connectivity index (χ4n) is 3.75. The summed E-state index contributed by atoms with van der Waals surface area (Å²) in [6, 6.07) is 5.15. The number of aliphatic hydroxyl groups excluding tert-OH is 10. The minimum absolute atomic E-state index is 0.0374. The molecule has 0 spiro atoms. The van der Waals surface area contributed by atoms with Crippen LogP contribution in [0.15, 0.2) is 18.2 Å². The summed E-state index contributed by atoms with van der Waals surface area (Å²) in [4.78, 5) is 24.2. The van der Waals surface area contributed by atoms with Gasteiger partial charge in [0.25, 0.3) is 0 Å². The zero-order chi connectivity index (χ0) is 32.0. The zero-order valence-electron chi connectivity index (χ0n) is 23.5. The van der Waals surface area contributed by atoms with Crippen LogP contribution in [0.1, 0.15) is 25.0 Å². The lowest BCUT2D eigenvalue weighted by Gasteiger charge is -2.33. The lowest BCUT2D eigenvalue weighted by molar-refractivity contribution is -0.130. The van der Waals surface area contributed by atoms with Crippen LogP contribution in [-0.2, 0) is 21.1 Å². The van der Waals surface area contributed by atoms with Crippen LogP contribution in [0.3, 0.4) is 0 Å². The summed E-state index contributed by atoms with van der Waals surface area (Å²) in [6.07, 6.45) is -14.5. The number of nitrogens with zero attached hydrogens (tertiary/aromatic N) is 1. The van der Waals surface area contributed by atoms with Crippen molar-refractivity contribution in [1.29, 1.82) is 0 Å². The predicted molar refractivity (Wildman–Crippen MR) is 155 cm³/mol. The highest BCUT2D eigenvalue weighted by molar-refractivity contribution is 8.13. The van der Waals surface area contributed by atoms with E-state index in [1.165, 1.54) is 18.7 Å². The summed E-state index contributed by atoms with van der Waals surface area (Å²) in [5, 5.41) is 98.3. The van der Waals surface area contributed by atoms with Gasteiger partial charge in [-0.15, -0.1) is 0 Å². The standard InChI is InChI=1S/C26H43NO13S2/c1-14(30)41-12-16-3-4-18(7-17(16)13-42-15(2)31)40-6-5-27(8-19(32)23(36)25(38)21(34)10-28)9-20(33)24(37)26(39)22(35)11-29/h3-4,7,19-26,28-29,32-39H,5-6,8-13H2,1-2H3/t19-,20-,21+,22+,23+,24+,25+,26+/m0/s1. The molecule has 0 unspecified atom stereocenters. The largest absolute Gasteiger partial charge is 0.492 e. The Kier molecular flexibility index (Phi) is 18.2. The van der Waals surface area contributed by atoms with E-state index in [1.54, 1.807) is 18.2 Å². The van der Waals surface area contributed by atoms with Gasteiger partial charge in [-0.05, 0) is 23.3 Å². The molecule has 16 heteroatoms. The summed E-state index contributed by atoms with van der Waals surface area (Å²) in [5.41, 5.74) is 1.63. The van der Waals surface area contributed by atoms with Gasteiger partial charge in [0.05, 0.1) is 25.4 Å². The third-order valence-electron chi connectivity index (χ3n) is 6.26. The molecular formula is C26H43NO13S2. The van der Waals surface area contributed by atoms with Gasteiger partial charge in [0, 0.05) is 45.0 Å². The molecule has 0 aromatic heterocycles. The molecule has 0 saturated carbocycles. The molecule has 10 N–H and O–H groups in total. The Labute approximate surface area is 252 Å². The number of benzene rings is 1. The first-order chi connectivity index (χ1) is 19.7. The highest BCUT2D eigenvalue weighted by Crippen LogP contribution is 2.26. The summed E-state index contributed by atoms with van der Waals surface area (Å²) >= 11 is 2.22. The first kappa shape index (κ1) is 38.6. The first-order valence-corrected chi connectivity index (χ1v) is 15.1. The van der Waals surface area contributed by atoms with E-state index in [0.717, 1.165) is 34.7 Å². The van der Waals surface area contributed by atoms with Crippen molar-refractivity contribution in [3.63, 3.8) is 0 Å². The average molecular weight is 642 g/mol. The SMILES string of the molecule is CC(=O)SCc1ccc(OCCN(C[C@H](O)[C@@H](O)[C@H](O)[C@H](O)CO)C[C@H](O)[C@@H](O)[C@H](O)[C@H](O)CO)cc1CSC(C)=O. The van der Waals surface area contributed by atoms with Gasteiger partial charge in [-0.1, -0.05) is 29.6 Å². The van der Waals surface area contributed by atoms with E-state index in [2.05, 4.69) is 0 Å². The Morgan fingerprint density at radius 2 is 1.14 bits per heavy atom. The minimum Gasteiger partial charge on any atom is -0.492 e. The smallest absolute Gasteiger partial charge is 0.186 e. The van der Waals surface area contributed by atoms with Gasteiger partial charge < -0.3 is 55.8 Å². The summed E-state index contributed by atoms with van der Waals surface area (Å²) in [7, 11) is 0. The minimum atomic E-state index is -1.90. The Balaban J connectivity index is 3.03. The normalized spacial score (nSPS) is 17.6. The van der Waals surface area contributed by atoms with Gasteiger partial charge >= 0.3 is 0 Å². The fraction of sp³-hybridized carbons (Fsp3) is 0.692. The Morgan fingerprint density at radius 1 is 0.714 bits per heavy atom. The summed E-state index contributed by atoms with van der Waals surface area (Å²) < 4.78 is 5.81. The Morgan fingerprint density at radius 3 is 1.57 bits per heavy atom. The van der Waals surface area contributed by atoms with Crippen LogP contribution in [0.2, 0.25) is 0 Å². The molecule has 1 rings (SSSR count). The van der Waals surface area contributed by atoms with E-state index >= 15 is 0 Å². The molecule has 0 fully saturated rings. The number of thioether (sulfide) groups is 2. The molecule has 8 atom stereocenters. The first-order valence-electron chi connectivity index (χ1n) is 13.1. The molecule has 1 aromatic carbocycles. The second-order valence-electron chi connectivity index (χ2n) is 9.70. The van der Waals surface area contributed by atoms with E-state index in [1.807, 2.05) is 0 Å². The number of aliphatic hydroxyl groups is 10. The number of carbonyl (C=O) groups excluding carboxylic acids is 2. The van der Waals surface area contributed by atoms with Crippen molar-refractivity contribution >= 4 is 33.8 Å². The molecule has 0 radical (unpaired) electrons. The van der Waals surface area contributed by atoms with Crippen LogP contribution in [0.25, 0.3) is 0 Å². The van der Waals surface area contributed by atoms with Gasteiger partial charge in [-0.3, -0.25) is 14.5 Å². The van der Waals surface area contributed by atoms with E-state index in [-0.39, 0.29) is 23.4 Å². The second-order valence-corrected chi connectivity index (χ2v) is 12.0. The molecule has 242 valence electrons. The number of carbonyl (C=O) groups is 2. The lowest BCUT2D eigenvalue weighted by Crippen LogP contribution is -2.53. The van der Waals surface area contributed by atoms with Gasteiger partial charge in [-0.25, -0.2) is 0 Å². The van der Waals surface area contributed by atoms with Crippen molar-refractivity contribution in [3.8, 4) is 5.75 Å². The maximum absolute atomic E-state index is 11.5. The summed E-state index contributed by atoms with van der Waals surface area (Å²) in [5.74, 6) is 1.17. The number of hydrogen-bond acceptors (Lipinski definition) is 16. The van der Waals surface area contributed by atoms with Crippen LogP contribution >= 0.6 is 23.5 Å². The third-order valence-corrected chi connectivity index (χ3v) is 7.98. The molecular weight excluding hydrogens is 598 g/mol. The molecule has 0 heterocycles. The quantitative estimate of drug-likeness (QED) is 0.0673. The number of hydrogen-bond donors (Lipinski definition) is 10. The molecule has 0 aliphatic carbocycles. The van der Waals surface area contributed by atoms with Crippen molar-refractivity contribution in [3.05, 3.63) is 29.3 Å². The number of rotatable bonds is 20. The fourth-order valence-corrected chi connectivity index (χ4v) is 5.02. The molecule has 42 heavy (non-hydrogen) atoms. The maximum Gasteiger partial charge on any atom is 0.186 e. The van der Waals surface area contributed by atoms with Gasteiger partial charge in [0.1, 0.15) is 49.0 Å². The van der Waals surface area contributed by atoms with Crippen LogP contribution in [-0.4, -0.2) is 154 Å². The lowest BCUT2D eigenvalue weighted by atomic mass is 10.0. The predicted octanol–water partition coefficient (Wildman–Crippen LogP) is -3.20. The van der Waals surface area contributed by atoms with Crippen LogP contribution < -0.4 is 4.74 Å². The van der Waals surface area contributed by atoms with E-state index in [9.17, 15) is 50.4 Å². The van der Waals surface area contributed by atoms with Gasteiger partial charge in [0.15, 0.2) is 10.2 Å². The van der Waals surface area contributed by atoms with Crippen molar-refractivity contribution < 1.29 is 65.4 Å². The second kappa shape index (κ2) is 19.8. The topological polar surface area (TPSA) is 249 Å². The van der Waals surface area contributed by atoms with E-state index < -0.39 is 75.1 Å². The molecule has 1 aromatic rings. The Bertz CT molecular complexity index is 929. The molecule has 0 aliphatic rings. The summed E-state index contributed by atoms with van der Waals surface area (Å²) in [6.45, 7) is 0.186. The van der Waals surface area contributed by atoms with Crippen molar-refractivity contribution in [2.45, 2.75) is 74.2 Å². The van der Waals surface area contributed by atoms with Crippen molar-refractivity contribution in [1.82, 2.24) is 4.90 Å². The molecule has 0 aliphatic heterocycles. The van der Waals surface area contributed by atoms with Gasteiger partial charge in [-0.2, -0.15) is 0 Å². The monoisotopic (exact) mass is 641 g/mol. The maximum atomic E-state index is 11.5. The van der Waals surface area contributed by atoms with Crippen LogP contribution in [0, 0.1) is 0 Å². The van der Waals surface area contributed by atoms with Crippen molar-refractivity contribution in [2.75, 3.05) is 39.5 Å². The van der Waals surface area contributed by atoms with Gasteiger partial charge in [0.2, 0.25) is 0 Å². The van der Waals surface area contributed by atoms with Crippen molar-refractivity contribution in [2.24, 2.45) is 0 Å². The van der Waals surface area contributed by atoms with E-state index in [4.69, 9.17) is 14.9 Å². The highest BCUT2D eigenvalue weighted by Gasteiger charge is 2.34. The van der Waals surface area contributed by atoms with Crippen LogP contribution in [0.5, 0.6) is 5.75 Å². The highest BCUT2D eigenvalue weighted by atomic mass is 32.2. The number of ether oxygens (including phenoxy) is 1. The third kappa shape index (κ3) is 13.5. The molecule has 0 amide bonds. The van der Waals surface area contributed by atoms with Crippen LogP contribution in [0.4, 0.5) is 0 Å². The Hall–Kier alpha value is -1.38. The molecule has 0 saturated heterocycles. The molecule has 0 bridgehead atoms. The van der Waals surface area contributed by atoms with E-state index in [0.29, 0.717) is 17.3 Å². The average Bonchev–Trinajstić information content (AvgIpc) is 2.96.